The molecular formula is C38H45N7O. The van der Waals surface area contributed by atoms with E-state index in [1.165, 1.54) is 5.56 Å². The van der Waals surface area contributed by atoms with Crippen molar-refractivity contribution in [3.8, 4) is 11.8 Å². The molecule has 8 nitrogen and oxygen atoms in total. The summed E-state index contributed by atoms with van der Waals surface area (Å²) in [5, 5.41) is 6.57. The highest BCUT2D eigenvalue weighted by atomic mass is 16.1. The van der Waals surface area contributed by atoms with E-state index in [1.54, 1.807) is 12.3 Å². The van der Waals surface area contributed by atoms with Gasteiger partial charge in [0.05, 0.1) is 17.6 Å². The Morgan fingerprint density at radius 2 is 1.78 bits per heavy atom. The van der Waals surface area contributed by atoms with E-state index in [0.717, 1.165) is 71.4 Å². The largest absolute Gasteiger partial charge is 0.382 e. The summed E-state index contributed by atoms with van der Waals surface area (Å²) in [7, 11) is 6.09. The molecule has 0 aliphatic carbocycles. The summed E-state index contributed by atoms with van der Waals surface area (Å²) in [6, 6.07) is 16.1. The van der Waals surface area contributed by atoms with Crippen LogP contribution < -0.4 is 15.5 Å². The van der Waals surface area contributed by atoms with Crippen LogP contribution in [0.15, 0.2) is 85.5 Å². The van der Waals surface area contributed by atoms with Gasteiger partial charge in [-0.05, 0) is 85.0 Å². The van der Waals surface area contributed by atoms with E-state index in [2.05, 4.69) is 89.9 Å². The summed E-state index contributed by atoms with van der Waals surface area (Å²) < 4.78 is 1.96. The lowest BCUT2D eigenvalue weighted by molar-refractivity contribution is 0.102. The monoisotopic (exact) mass is 615 g/mol. The molecule has 1 fully saturated rings. The number of amides is 1. The van der Waals surface area contributed by atoms with Crippen molar-refractivity contribution < 1.29 is 4.79 Å². The van der Waals surface area contributed by atoms with Gasteiger partial charge in [-0.2, -0.15) is 0 Å². The quantitative estimate of drug-likeness (QED) is 0.187. The Labute approximate surface area is 273 Å². The van der Waals surface area contributed by atoms with Crippen molar-refractivity contribution in [1.82, 2.24) is 19.2 Å². The van der Waals surface area contributed by atoms with Gasteiger partial charge < -0.3 is 25.3 Å². The number of nitrogens with zero attached hydrogens (tertiary/aromatic N) is 5. The van der Waals surface area contributed by atoms with Crippen LogP contribution in [0.1, 0.15) is 53.5 Å². The van der Waals surface area contributed by atoms with E-state index in [9.17, 15) is 4.79 Å². The summed E-state index contributed by atoms with van der Waals surface area (Å²) in [6.07, 6.45) is 7.44. The Balaban J connectivity index is 1.39. The minimum atomic E-state index is -0.159. The summed E-state index contributed by atoms with van der Waals surface area (Å²) in [5.74, 6) is 6.41. The standard InChI is InChI=1S/C38H45N7O/c1-9-31(26-42(6)7)40-35-11-10-16-45-33(25-39-36(35)45)15-14-28-21-29(13-12-27(28)2)37(46)41-32-22-30(38(3,4)5)23-34(24-32)44-19-17-43(8)18-20-44/h9-13,16,21-26,40H,1,17-20H2,2-8H3,(H,41,46)/b31-26+. The molecule has 0 atom stereocenters. The minimum absolute atomic E-state index is 0.0553. The Morgan fingerprint density at radius 3 is 2.48 bits per heavy atom. The lowest BCUT2D eigenvalue weighted by atomic mass is 9.86. The molecule has 1 saturated heterocycles. The second-order valence-corrected chi connectivity index (χ2v) is 13.2. The molecule has 2 aromatic heterocycles. The number of rotatable bonds is 7. The van der Waals surface area contributed by atoms with Crippen LogP contribution in [-0.2, 0) is 5.41 Å². The number of benzene rings is 2. The van der Waals surface area contributed by atoms with E-state index in [-0.39, 0.29) is 11.3 Å². The third kappa shape index (κ3) is 7.61. The lowest BCUT2D eigenvalue weighted by Gasteiger charge is -2.35. The van der Waals surface area contributed by atoms with E-state index in [1.807, 2.05) is 73.0 Å². The number of aryl methyl sites for hydroxylation is 1. The SMILES string of the molecule is C=C/C(=C\N(C)C)Nc1cccn2c(C#Cc3cc(C(=O)Nc4cc(N5CCN(C)CC5)cc(C(C)(C)C)c4)ccc3C)cnc12. The van der Waals surface area contributed by atoms with Gasteiger partial charge in [-0.3, -0.25) is 9.20 Å². The fraction of sp³-hybridized carbons (Fsp3) is 0.316. The molecule has 5 rings (SSSR count). The number of carbonyl (C=O) groups is 1. The third-order valence-electron chi connectivity index (χ3n) is 8.17. The first-order chi connectivity index (χ1) is 21.9. The van der Waals surface area contributed by atoms with Crippen LogP contribution in [0.25, 0.3) is 5.65 Å². The number of piperazine rings is 1. The average Bonchev–Trinajstić information content (AvgIpc) is 3.43. The van der Waals surface area contributed by atoms with Crippen molar-refractivity contribution in [2.24, 2.45) is 0 Å². The topological polar surface area (TPSA) is 68.2 Å². The van der Waals surface area contributed by atoms with Crippen molar-refractivity contribution in [2.45, 2.75) is 33.1 Å². The molecule has 4 aromatic rings. The van der Waals surface area contributed by atoms with Gasteiger partial charge in [0.15, 0.2) is 5.65 Å². The van der Waals surface area contributed by atoms with Crippen LogP contribution in [0.2, 0.25) is 0 Å². The van der Waals surface area contributed by atoms with Crippen molar-refractivity contribution in [1.29, 1.82) is 0 Å². The Morgan fingerprint density at radius 1 is 1.02 bits per heavy atom. The molecule has 2 N–H and O–H groups in total. The van der Waals surface area contributed by atoms with Crippen molar-refractivity contribution in [2.75, 3.05) is 62.9 Å². The number of carbonyl (C=O) groups excluding carboxylic acids is 1. The number of fused-ring (bicyclic) bond motifs is 1. The van der Waals surface area contributed by atoms with E-state index in [0.29, 0.717) is 5.56 Å². The number of anilines is 3. The summed E-state index contributed by atoms with van der Waals surface area (Å²) in [4.78, 5) is 24.9. The summed E-state index contributed by atoms with van der Waals surface area (Å²) >= 11 is 0. The molecule has 3 heterocycles. The molecule has 0 radical (unpaired) electrons. The molecular weight excluding hydrogens is 570 g/mol. The normalized spacial score (nSPS) is 14.1. The summed E-state index contributed by atoms with van der Waals surface area (Å²) in [5.41, 5.74) is 8.66. The van der Waals surface area contributed by atoms with Gasteiger partial charge in [0.1, 0.15) is 5.69 Å². The molecule has 8 heteroatoms. The first-order valence-electron chi connectivity index (χ1n) is 15.7. The molecule has 238 valence electrons. The maximum atomic E-state index is 13.6. The smallest absolute Gasteiger partial charge is 0.255 e. The number of hydrogen-bond donors (Lipinski definition) is 2. The number of allylic oxidation sites excluding steroid dienone is 1. The zero-order chi connectivity index (χ0) is 33.0. The van der Waals surface area contributed by atoms with Crippen LogP contribution in [-0.4, -0.2) is 72.4 Å². The predicted molar refractivity (Wildman–Crippen MR) is 191 cm³/mol. The number of likely N-dealkylation sites (N-methyl/N-ethyl adjacent to an activating group) is 1. The van der Waals surface area contributed by atoms with Crippen LogP contribution >= 0.6 is 0 Å². The zero-order valence-corrected chi connectivity index (χ0v) is 28.1. The van der Waals surface area contributed by atoms with E-state index < -0.39 is 0 Å². The van der Waals surface area contributed by atoms with E-state index in [4.69, 9.17) is 0 Å². The van der Waals surface area contributed by atoms with Crippen molar-refractivity contribution in [3.63, 3.8) is 0 Å². The second-order valence-electron chi connectivity index (χ2n) is 13.2. The Bertz CT molecular complexity index is 1840. The van der Waals surface area contributed by atoms with Gasteiger partial charge in [0, 0.05) is 75.2 Å². The number of hydrogen-bond acceptors (Lipinski definition) is 6. The first-order valence-corrected chi connectivity index (χ1v) is 15.7. The van der Waals surface area contributed by atoms with Gasteiger partial charge >= 0.3 is 0 Å². The highest BCUT2D eigenvalue weighted by molar-refractivity contribution is 6.04. The fourth-order valence-corrected chi connectivity index (χ4v) is 5.37. The first kappa shape index (κ1) is 32.4. The highest BCUT2D eigenvalue weighted by Gasteiger charge is 2.21. The maximum absolute atomic E-state index is 13.6. The van der Waals surface area contributed by atoms with Crippen LogP contribution in [0.3, 0.4) is 0 Å². The summed E-state index contributed by atoms with van der Waals surface area (Å²) in [6.45, 7) is 16.5. The van der Waals surface area contributed by atoms with Gasteiger partial charge in [-0.15, -0.1) is 0 Å². The number of imidazole rings is 1. The number of aromatic nitrogens is 2. The molecule has 0 saturated carbocycles. The Kier molecular flexibility index (Phi) is 9.54. The molecule has 1 amide bonds. The Hall–Kier alpha value is -5.00. The van der Waals surface area contributed by atoms with Crippen molar-refractivity contribution in [3.05, 3.63) is 113 Å². The zero-order valence-electron chi connectivity index (χ0n) is 28.1. The molecule has 1 aliphatic rings. The number of pyridine rings is 1. The average molecular weight is 616 g/mol. The number of nitrogens with one attached hydrogen (secondary N) is 2. The van der Waals surface area contributed by atoms with Gasteiger partial charge in [-0.25, -0.2) is 4.98 Å². The molecule has 0 unspecified atom stereocenters. The minimum Gasteiger partial charge on any atom is -0.382 e. The molecule has 1 aliphatic heterocycles. The lowest BCUT2D eigenvalue weighted by Crippen LogP contribution is -2.44. The van der Waals surface area contributed by atoms with Crippen LogP contribution in [0.5, 0.6) is 0 Å². The van der Waals surface area contributed by atoms with Gasteiger partial charge in [-0.1, -0.05) is 39.3 Å². The molecule has 2 aromatic carbocycles. The van der Waals surface area contributed by atoms with Gasteiger partial charge in [0.25, 0.3) is 5.91 Å². The second kappa shape index (κ2) is 13.6. The third-order valence-corrected chi connectivity index (χ3v) is 8.17. The van der Waals surface area contributed by atoms with Crippen LogP contribution in [0, 0.1) is 18.8 Å². The molecule has 0 bridgehead atoms. The van der Waals surface area contributed by atoms with Crippen molar-refractivity contribution >= 4 is 28.6 Å². The predicted octanol–water partition coefficient (Wildman–Crippen LogP) is 6.35. The molecule has 46 heavy (non-hydrogen) atoms. The maximum Gasteiger partial charge on any atom is 0.255 e. The van der Waals surface area contributed by atoms with Gasteiger partial charge in [0.2, 0.25) is 0 Å². The van der Waals surface area contributed by atoms with Crippen LogP contribution in [0.4, 0.5) is 17.1 Å². The fourth-order valence-electron chi connectivity index (χ4n) is 5.37. The molecule has 0 spiro atoms. The highest BCUT2D eigenvalue weighted by Crippen LogP contribution is 2.31. The van der Waals surface area contributed by atoms with E-state index >= 15 is 0 Å².